The molecule has 0 radical (unpaired) electrons. The van der Waals surface area contributed by atoms with Crippen LogP contribution in [0.5, 0.6) is 5.75 Å². The molecule has 1 heterocycles. The monoisotopic (exact) mass is 587 g/mol. The Morgan fingerprint density at radius 2 is 1.54 bits per heavy atom. The van der Waals surface area contributed by atoms with Crippen molar-refractivity contribution in [2.75, 3.05) is 52.8 Å². The van der Waals surface area contributed by atoms with E-state index in [0.717, 1.165) is 38.7 Å². The number of hydrogen-bond acceptors (Lipinski definition) is 5. The minimum absolute atomic E-state index is 0.359. The second-order valence-corrected chi connectivity index (χ2v) is 10.3. The van der Waals surface area contributed by atoms with Crippen LogP contribution in [0.25, 0.3) is 21.8 Å². The van der Waals surface area contributed by atoms with Gasteiger partial charge in [-0.05, 0) is 61.0 Å². The number of benzene rings is 4. The molecule has 0 aliphatic rings. The maximum absolute atomic E-state index is 12.9. The number of aromatic nitrogens is 1. The van der Waals surface area contributed by atoms with Gasteiger partial charge in [-0.3, -0.25) is 0 Å². The Balaban J connectivity index is 1.38. The third-order valence-electron chi connectivity index (χ3n) is 6.83. The lowest BCUT2D eigenvalue weighted by Gasteiger charge is -2.23. The average Bonchev–Trinajstić information content (AvgIpc) is 2.98. The Hall–Kier alpha value is -4.20. The van der Waals surface area contributed by atoms with E-state index in [9.17, 15) is 4.79 Å². The molecule has 3 N–H and O–H groups in total. The Morgan fingerprint density at radius 3 is 2.27 bits per heavy atom. The van der Waals surface area contributed by atoms with Crippen LogP contribution in [0.1, 0.15) is 5.56 Å². The molecule has 7 nitrogen and oxygen atoms in total. The Kier molecular flexibility index (Phi) is 8.97. The summed E-state index contributed by atoms with van der Waals surface area (Å²) in [6.45, 7) is 3.45. The highest BCUT2D eigenvalue weighted by atomic mass is 35.5. The number of pyridine rings is 1. The first-order valence-corrected chi connectivity index (χ1v) is 14.4. The molecule has 0 saturated heterocycles. The minimum Gasteiger partial charge on any atom is -0.495 e. The van der Waals surface area contributed by atoms with Crippen molar-refractivity contribution in [1.29, 1.82) is 0 Å². The van der Waals surface area contributed by atoms with E-state index in [1.54, 1.807) is 13.2 Å². The van der Waals surface area contributed by atoms with Crippen LogP contribution in [0, 0.1) is 6.92 Å². The van der Waals surface area contributed by atoms with Gasteiger partial charge < -0.3 is 25.6 Å². The van der Waals surface area contributed by atoms with Crippen LogP contribution < -0.4 is 25.6 Å². The first kappa shape index (κ1) is 28.3. The largest absolute Gasteiger partial charge is 0.495 e. The summed E-state index contributed by atoms with van der Waals surface area (Å²) in [4.78, 5) is 19.9. The van der Waals surface area contributed by atoms with E-state index in [-0.39, 0.29) is 6.03 Å². The number of aryl methyl sites for hydroxylation is 1. The molecular weight excluding hydrogens is 557 g/mol. The predicted molar refractivity (Wildman–Crippen MR) is 173 cm³/mol. The molecule has 5 aromatic rings. The molecule has 9 heteroatoms. The molecule has 0 atom stereocenters. The van der Waals surface area contributed by atoms with Crippen LogP contribution in [0.4, 0.5) is 33.2 Å². The van der Waals surface area contributed by atoms with Gasteiger partial charge in [-0.2, -0.15) is 0 Å². The van der Waals surface area contributed by atoms with Crippen molar-refractivity contribution in [3.63, 3.8) is 0 Å². The van der Waals surface area contributed by atoms with Gasteiger partial charge in [-0.15, -0.1) is 23.2 Å². The van der Waals surface area contributed by atoms with Crippen molar-refractivity contribution in [2.24, 2.45) is 0 Å². The van der Waals surface area contributed by atoms with Crippen molar-refractivity contribution >= 4 is 79.5 Å². The smallest absolute Gasteiger partial charge is 0.323 e. The van der Waals surface area contributed by atoms with E-state index in [4.69, 9.17) is 32.9 Å². The fourth-order valence-electron chi connectivity index (χ4n) is 4.83. The number of alkyl halides is 2. The molecule has 1 aromatic heterocycles. The lowest BCUT2D eigenvalue weighted by atomic mass is 10.0. The van der Waals surface area contributed by atoms with Gasteiger partial charge in [0.1, 0.15) is 5.75 Å². The maximum atomic E-state index is 12.9. The highest BCUT2D eigenvalue weighted by molar-refractivity contribution is 6.18. The number of halogens is 2. The molecule has 0 aliphatic carbocycles. The van der Waals surface area contributed by atoms with Crippen molar-refractivity contribution in [3.8, 4) is 5.75 Å². The molecule has 0 bridgehead atoms. The number of carbonyl (C=O) groups excluding carboxylic acids is 1. The molecule has 0 spiro atoms. The van der Waals surface area contributed by atoms with Crippen molar-refractivity contribution in [1.82, 2.24) is 4.98 Å². The van der Waals surface area contributed by atoms with Crippen LogP contribution in [0.2, 0.25) is 0 Å². The molecular formula is C32H31Cl2N5O2. The van der Waals surface area contributed by atoms with E-state index in [1.807, 2.05) is 66.7 Å². The third kappa shape index (κ3) is 6.42. The summed E-state index contributed by atoms with van der Waals surface area (Å²) in [5.74, 6) is 1.66. The van der Waals surface area contributed by atoms with Gasteiger partial charge in [0, 0.05) is 52.7 Å². The zero-order valence-electron chi connectivity index (χ0n) is 22.9. The summed E-state index contributed by atoms with van der Waals surface area (Å²) in [5.41, 5.74) is 6.82. The first-order chi connectivity index (χ1) is 20.0. The number of nitrogens with zero attached hydrogens (tertiary/aromatic N) is 2. The fourth-order valence-corrected chi connectivity index (χ4v) is 5.24. The molecule has 210 valence electrons. The molecule has 0 saturated carbocycles. The highest BCUT2D eigenvalue weighted by Crippen LogP contribution is 2.38. The van der Waals surface area contributed by atoms with E-state index in [0.29, 0.717) is 47.7 Å². The van der Waals surface area contributed by atoms with E-state index in [1.165, 1.54) is 0 Å². The maximum Gasteiger partial charge on any atom is 0.323 e. The van der Waals surface area contributed by atoms with Gasteiger partial charge in [0.15, 0.2) is 0 Å². The standard InChI is InChI=1S/C32H31Cl2N5O2/c1-21-6-5-8-26-30(21)37-27-9-4-3-7-25(27)31(26)38-28-20-23(12-15-29(28)41-2)36-32(40)35-22-10-13-24(14-11-22)39(18-16-33)19-17-34/h3-15,20H,16-19H2,1-2H3,(H,37,38)(H2,35,36,40). The van der Waals surface area contributed by atoms with E-state index < -0.39 is 0 Å². The van der Waals surface area contributed by atoms with Gasteiger partial charge in [-0.1, -0.05) is 36.4 Å². The molecule has 0 aliphatic heterocycles. The normalized spacial score (nSPS) is 10.9. The summed E-state index contributed by atoms with van der Waals surface area (Å²) in [6.07, 6.45) is 0. The quantitative estimate of drug-likeness (QED) is 0.113. The van der Waals surface area contributed by atoms with Crippen molar-refractivity contribution in [3.05, 3.63) is 90.5 Å². The van der Waals surface area contributed by atoms with Crippen molar-refractivity contribution < 1.29 is 9.53 Å². The van der Waals surface area contributed by atoms with Crippen LogP contribution in [0.3, 0.4) is 0 Å². The number of ether oxygens (including phenoxy) is 1. The number of rotatable bonds is 10. The number of anilines is 5. The van der Waals surface area contributed by atoms with Gasteiger partial charge in [-0.25, -0.2) is 9.78 Å². The summed E-state index contributed by atoms with van der Waals surface area (Å²) < 4.78 is 5.66. The number of para-hydroxylation sites is 2. The van der Waals surface area contributed by atoms with Gasteiger partial charge >= 0.3 is 6.03 Å². The summed E-state index contributed by atoms with van der Waals surface area (Å²) in [7, 11) is 1.62. The molecule has 2 amide bonds. The molecule has 4 aromatic carbocycles. The van der Waals surface area contributed by atoms with E-state index in [2.05, 4.69) is 39.9 Å². The number of urea groups is 1. The van der Waals surface area contributed by atoms with Crippen LogP contribution in [0.15, 0.2) is 84.9 Å². The predicted octanol–water partition coefficient (Wildman–Crippen LogP) is 8.38. The molecule has 41 heavy (non-hydrogen) atoms. The van der Waals surface area contributed by atoms with Gasteiger partial charge in [0.2, 0.25) is 0 Å². The number of carbonyl (C=O) groups is 1. The number of nitrogens with one attached hydrogen (secondary N) is 3. The minimum atomic E-state index is -0.359. The summed E-state index contributed by atoms with van der Waals surface area (Å²) in [5, 5.41) is 11.4. The van der Waals surface area contributed by atoms with Crippen LogP contribution in [-0.2, 0) is 0 Å². The topological polar surface area (TPSA) is 78.5 Å². The molecule has 5 rings (SSSR count). The molecule has 0 fully saturated rings. The first-order valence-electron chi connectivity index (χ1n) is 13.3. The summed E-state index contributed by atoms with van der Waals surface area (Å²) >= 11 is 11.9. The van der Waals surface area contributed by atoms with Crippen LogP contribution >= 0.6 is 23.2 Å². The molecule has 0 unspecified atom stereocenters. The SMILES string of the molecule is COc1ccc(NC(=O)Nc2ccc(N(CCCl)CCCl)cc2)cc1Nc1c2ccccc2nc2c(C)cccc12. The van der Waals surface area contributed by atoms with Gasteiger partial charge in [0.05, 0.1) is 29.5 Å². The van der Waals surface area contributed by atoms with Crippen LogP contribution in [-0.4, -0.2) is 43.0 Å². The van der Waals surface area contributed by atoms with Gasteiger partial charge in [0.25, 0.3) is 0 Å². The number of amides is 2. The Morgan fingerprint density at radius 1 is 0.854 bits per heavy atom. The second kappa shape index (κ2) is 13.0. The zero-order valence-corrected chi connectivity index (χ0v) is 24.4. The Labute approximate surface area is 249 Å². The second-order valence-electron chi connectivity index (χ2n) is 9.51. The summed E-state index contributed by atoms with van der Waals surface area (Å²) in [6, 6.07) is 26.9. The zero-order chi connectivity index (χ0) is 28.8. The number of fused-ring (bicyclic) bond motifs is 2. The van der Waals surface area contributed by atoms with E-state index >= 15 is 0 Å². The lowest BCUT2D eigenvalue weighted by molar-refractivity contribution is 0.262. The highest BCUT2D eigenvalue weighted by Gasteiger charge is 2.14. The number of hydrogen-bond donors (Lipinski definition) is 3. The third-order valence-corrected chi connectivity index (χ3v) is 7.17. The Bertz CT molecular complexity index is 1670. The number of methoxy groups -OCH3 is 1. The average molecular weight is 589 g/mol. The van der Waals surface area contributed by atoms with Crippen molar-refractivity contribution in [2.45, 2.75) is 6.92 Å². The fraction of sp³-hybridized carbons (Fsp3) is 0.188. The lowest BCUT2D eigenvalue weighted by Crippen LogP contribution is -2.27.